The van der Waals surface area contributed by atoms with Gasteiger partial charge >= 0.3 is 5.97 Å². The minimum Gasteiger partial charge on any atom is -0.468 e. The molecule has 0 aliphatic rings. The van der Waals surface area contributed by atoms with Crippen LogP contribution in [0.2, 0.25) is 0 Å². The Labute approximate surface area is 73.9 Å². The predicted octanol–water partition coefficient (Wildman–Crippen LogP) is -0.301. The van der Waals surface area contributed by atoms with E-state index in [4.69, 9.17) is 0 Å². The molecule has 0 heterocycles. The summed E-state index contributed by atoms with van der Waals surface area (Å²) in [5.41, 5.74) is 0. The Morgan fingerprint density at radius 1 is 1.58 bits per heavy atom. The van der Waals surface area contributed by atoms with E-state index in [2.05, 4.69) is 10.1 Å². The van der Waals surface area contributed by atoms with Crippen molar-refractivity contribution in [1.82, 2.24) is 10.2 Å². The maximum absolute atomic E-state index is 11.1. The fourth-order valence-corrected chi connectivity index (χ4v) is 0.976. The minimum absolute atomic E-state index is 0.203. The first-order valence-corrected chi connectivity index (χ1v) is 4.07. The van der Waals surface area contributed by atoms with Crippen molar-refractivity contribution in [3.8, 4) is 0 Å². The summed E-state index contributed by atoms with van der Waals surface area (Å²) in [4.78, 5) is 13.1. The number of esters is 1. The van der Waals surface area contributed by atoms with Gasteiger partial charge in [-0.05, 0) is 20.6 Å². The summed E-state index contributed by atoms with van der Waals surface area (Å²) in [5, 5.41) is 3.05. The number of hydrogen-bond donors (Lipinski definition) is 1. The molecule has 0 fully saturated rings. The van der Waals surface area contributed by atoms with Gasteiger partial charge in [0.1, 0.15) is 6.04 Å². The number of carbonyl (C=O) groups is 1. The molecule has 1 atom stereocenters. The first-order chi connectivity index (χ1) is 5.61. The fraction of sp³-hybridized carbons (Fsp3) is 0.875. The van der Waals surface area contributed by atoms with Crippen LogP contribution < -0.4 is 5.32 Å². The Hall–Kier alpha value is -0.610. The summed E-state index contributed by atoms with van der Waals surface area (Å²) >= 11 is 0. The van der Waals surface area contributed by atoms with E-state index in [0.29, 0.717) is 6.54 Å². The van der Waals surface area contributed by atoms with E-state index >= 15 is 0 Å². The van der Waals surface area contributed by atoms with Crippen molar-refractivity contribution in [1.29, 1.82) is 0 Å². The van der Waals surface area contributed by atoms with Crippen LogP contribution in [0.15, 0.2) is 0 Å². The molecule has 0 saturated carbocycles. The Bertz CT molecular complexity index is 137. The Morgan fingerprint density at radius 2 is 2.17 bits per heavy atom. The Balaban J connectivity index is 3.94. The highest BCUT2D eigenvalue weighted by Crippen LogP contribution is 1.89. The van der Waals surface area contributed by atoms with Gasteiger partial charge in [-0.2, -0.15) is 0 Å². The molecule has 0 spiro atoms. The summed E-state index contributed by atoms with van der Waals surface area (Å²) in [6.45, 7) is 3.40. The summed E-state index contributed by atoms with van der Waals surface area (Å²) in [5.74, 6) is -0.203. The molecule has 1 unspecified atom stereocenters. The van der Waals surface area contributed by atoms with Crippen molar-refractivity contribution in [3.63, 3.8) is 0 Å². The van der Waals surface area contributed by atoms with E-state index in [1.807, 2.05) is 25.9 Å². The lowest BCUT2D eigenvalue weighted by atomic mass is 10.3. The van der Waals surface area contributed by atoms with Gasteiger partial charge < -0.3 is 15.0 Å². The first-order valence-electron chi connectivity index (χ1n) is 4.07. The SMILES string of the molecule is CCNC(CN(C)C)C(=O)OC. The van der Waals surface area contributed by atoms with Crippen molar-refractivity contribution in [2.24, 2.45) is 0 Å². The number of hydrogen-bond acceptors (Lipinski definition) is 4. The largest absolute Gasteiger partial charge is 0.468 e. The van der Waals surface area contributed by atoms with E-state index in [9.17, 15) is 4.79 Å². The van der Waals surface area contributed by atoms with Gasteiger partial charge in [-0.3, -0.25) is 4.79 Å². The van der Waals surface area contributed by atoms with Crippen LogP contribution in [0.4, 0.5) is 0 Å². The van der Waals surface area contributed by atoms with Gasteiger partial charge in [0, 0.05) is 6.54 Å². The van der Waals surface area contributed by atoms with Crippen LogP contribution in [-0.2, 0) is 9.53 Å². The zero-order valence-corrected chi connectivity index (χ0v) is 8.26. The van der Waals surface area contributed by atoms with Crippen LogP contribution in [0.25, 0.3) is 0 Å². The maximum atomic E-state index is 11.1. The van der Waals surface area contributed by atoms with Gasteiger partial charge in [0.25, 0.3) is 0 Å². The Morgan fingerprint density at radius 3 is 2.50 bits per heavy atom. The van der Waals surface area contributed by atoms with E-state index in [1.54, 1.807) is 0 Å². The topological polar surface area (TPSA) is 41.6 Å². The smallest absolute Gasteiger partial charge is 0.324 e. The Kier molecular flexibility index (Phi) is 5.66. The van der Waals surface area contributed by atoms with Crippen LogP contribution in [0.1, 0.15) is 6.92 Å². The first kappa shape index (κ1) is 11.4. The molecule has 0 radical (unpaired) electrons. The van der Waals surface area contributed by atoms with Crippen molar-refractivity contribution in [3.05, 3.63) is 0 Å². The third-order valence-corrected chi connectivity index (χ3v) is 1.48. The number of nitrogens with zero attached hydrogens (tertiary/aromatic N) is 1. The second-order valence-corrected chi connectivity index (χ2v) is 2.90. The maximum Gasteiger partial charge on any atom is 0.324 e. The summed E-state index contributed by atoms with van der Waals surface area (Å²) in [7, 11) is 5.25. The lowest BCUT2D eigenvalue weighted by molar-refractivity contribution is -0.143. The fourth-order valence-electron chi connectivity index (χ4n) is 0.976. The highest BCUT2D eigenvalue weighted by atomic mass is 16.5. The number of methoxy groups -OCH3 is 1. The zero-order chi connectivity index (χ0) is 9.56. The highest BCUT2D eigenvalue weighted by Gasteiger charge is 2.17. The number of rotatable bonds is 5. The molecule has 0 aliphatic heterocycles. The molecule has 0 bridgehead atoms. The highest BCUT2D eigenvalue weighted by molar-refractivity contribution is 5.75. The van der Waals surface area contributed by atoms with Gasteiger partial charge in [-0.25, -0.2) is 0 Å². The number of likely N-dealkylation sites (N-methyl/N-ethyl adjacent to an activating group) is 2. The lowest BCUT2D eigenvalue weighted by Gasteiger charge is -2.19. The van der Waals surface area contributed by atoms with E-state index in [1.165, 1.54) is 7.11 Å². The third-order valence-electron chi connectivity index (χ3n) is 1.48. The normalized spacial score (nSPS) is 13.1. The monoisotopic (exact) mass is 174 g/mol. The quantitative estimate of drug-likeness (QED) is 0.581. The van der Waals surface area contributed by atoms with Crippen molar-refractivity contribution >= 4 is 5.97 Å². The molecule has 0 aromatic heterocycles. The van der Waals surface area contributed by atoms with Crippen LogP contribution in [0.3, 0.4) is 0 Å². The lowest BCUT2D eigenvalue weighted by Crippen LogP contribution is -2.44. The number of carbonyl (C=O) groups excluding carboxylic acids is 1. The summed E-state index contributed by atoms with van der Waals surface area (Å²) in [6, 6.07) is -0.213. The minimum atomic E-state index is -0.213. The molecule has 72 valence electrons. The molecule has 4 nitrogen and oxygen atoms in total. The van der Waals surface area contributed by atoms with E-state index < -0.39 is 0 Å². The average Bonchev–Trinajstić information content (AvgIpc) is 2.01. The molecule has 0 aliphatic carbocycles. The number of nitrogens with one attached hydrogen (secondary N) is 1. The molecule has 0 rings (SSSR count). The average molecular weight is 174 g/mol. The molecule has 4 heteroatoms. The van der Waals surface area contributed by atoms with Gasteiger partial charge in [0.05, 0.1) is 7.11 Å². The van der Waals surface area contributed by atoms with Gasteiger partial charge in [0.15, 0.2) is 0 Å². The van der Waals surface area contributed by atoms with Crippen molar-refractivity contribution < 1.29 is 9.53 Å². The molecular weight excluding hydrogens is 156 g/mol. The van der Waals surface area contributed by atoms with Crippen LogP contribution in [0, 0.1) is 0 Å². The van der Waals surface area contributed by atoms with Crippen LogP contribution >= 0.6 is 0 Å². The van der Waals surface area contributed by atoms with Crippen LogP contribution in [0.5, 0.6) is 0 Å². The molecule has 0 saturated heterocycles. The van der Waals surface area contributed by atoms with E-state index in [-0.39, 0.29) is 12.0 Å². The van der Waals surface area contributed by atoms with Gasteiger partial charge in [-0.15, -0.1) is 0 Å². The second kappa shape index (κ2) is 5.97. The third kappa shape index (κ3) is 4.31. The predicted molar refractivity (Wildman–Crippen MR) is 48.0 cm³/mol. The second-order valence-electron chi connectivity index (χ2n) is 2.90. The molecule has 0 aromatic carbocycles. The van der Waals surface area contributed by atoms with Crippen molar-refractivity contribution in [2.45, 2.75) is 13.0 Å². The van der Waals surface area contributed by atoms with Gasteiger partial charge in [-0.1, -0.05) is 6.92 Å². The standard InChI is InChI=1S/C8H18N2O2/c1-5-9-7(6-10(2)3)8(11)12-4/h7,9H,5-6H2,1-4H3. The molecule has 12 heavy (non-hydrogen) atoms. The molecule has 0 aromatic rings. The van der Waals surface area contributed by atoms with Gasteiger partial charge in [0.2, 0.25) is 0 Å². The molecular formula is C8H18N2O2. The summed E-state index contributed by atoms with van der Waals surface area (Å²) in [6.07, 6.45) is 0. The van der Waals surface area contributed by atoms with Crippen molar-refractivity contribution in [2.75, 3.05) is 34.3 Å². The molecule has 1 N–H and O–H groups in total. The number of ether oxygens (including phenoxy) is 1. The van der Waals surface area contributed by atoms with Crippen LogP contribution in [-0.4, -0.2) is 51.2 Å². The zero-order valence-electron chi connectivity index (χ0n) is 8.26. The van der Waals surface area contributed by atoms with E-state index in [0.717, 1.165) is 6.54 Å². The molecule has 0 amide bonds. The summed E-state index contributed by atoms with van der Waals surface area (Å²) < 4.78 is 4.64.